The average molecular weight is 201 g/mol. The molecule has 0 radical (unpaired) electrons. The molecule has 52 valence electrons. The molecule has 1 aliphatic rings. The smallest absolute Gasteiger partial charge is 0.182 e. The van der Waals surface area contributed by atoms with Gasteiger partial charge in [0.05, 0.1) is 0 Å². The lowest BCUT2D eigenvalue weighted by atomic mass is 10.3. The van der Waals surface area contributed by atoms with Crippen LogP contribution in [-0.2, 0) is 6.54 Å². The largest absolute Gasteiger partial charge is 0.292 e. The zero-order valence-corrected chi connectivity index (χ0v) is 6.76. The van der Waals surface area contributed by atoms with Crippen molar-refractivity contribution in [3.8, 4) is 0 Å². The standard InChI is InChI=1S/C6H5BrN2O/c7-6-3-4-5(10)1-2-9(4)8-6/h3H,1-2H2. The molecule has 0 fully saturated rings. The van der Waals surface area contributed by atoms with Crippen molar-refractivity contribution < 1.29 is 4.79 Å². The normalized spacial score (nSPS) is 15.9. The fraction of sp³-hybridized carbons (Fsp3) is 0.333. The van der Waals surface area contributed by atoms with Crippen LogP contribution in [0.5, 0.6) is 0 Å². The second-order valence-corrected chi connectivity index (χ2v) is 3.06. The third-order valence-corrected chi connectivity index (χ3v) is 1.97. The molecule has 4 heteroatoms. The first-order valence-corrected chi connectivity index (χ1v) is 3.83. The highest BCUT2D eigenvalue weighted by atomic mass is 79.9. The predicted octanol–water partition coefficient (Wildman–Crippen LogP) is 1.23. The van der Waals surface area contributed by atoms with E-state index in [1.807, 2.05) is 0 Å². The van der Waals surface area contributed by atoms with Gasteiger partial charge in [-0.1, -0.05) is 0 Å². The van der Waals surface area contributed by atoms with Crippen LogP contribution in [0.2, 0.25) is 0 Å². The molecule has 0 amide bonds. The van der Waals surface area contributed by atoms with Crippen LogP contribution in [0.4, 0.5) is 0 Å². The molecule has 2 rings (SSSR count). The molecule has 10 heavy (non-hydrogen) atoms. The summed E-state index contributed by atoms with van der Waals surface area (Å²) in [7, 11) is 0. The van der Waals surface area contributed by atoms with Gasteiger partial charge in [-0.15, -0.1) is 0 Å². The number of carbonyl (C=O) groups excluding carboxylic acids is 1. The number of Topliss-reactive ketones (excluding diaryl/α,β-unsaturated/α-hetero) is 1. The van der Waals surface area contributed by atoms with Crippen LogP contribution < -0.4 is 0 Å². The van der Waals surface area contributed by atoms with Crippen LogP contribution >= 0.6 is 15.9 Å². The van der Waals surface area contributed by atoms with Crippen LogP contribution in [0.1, 0.15) is 16.9 Å². The van der Waals surface area contributed by atoms with Crippen molar-refractivity contribution in [2.45, 2.75) is 13.0 Å². The van der Waals surface area contributed by atoms with Gasteiger partial charge < -0.3 is 0 Å². The van der Waals surface area contributed by atoms with Crippen molar-refractivity contribution in [1.82, 2.24) is 9.78 Å². The van der Waals surface area contributed by atoms with E-state index in [0.717, 1.165) is 16.8 Å². The minimum Gasteiger partial charge on any atom is -0.292 e. The fourth-order valence-corrected chi connectivity index (χ4v) is 1.52. The number of halogens is 1. The summed E-state index contributed by atoms with van der Waals surface area (Å²) in [5, 5.41) is 4.05. The van der Waals surface area contributed by atoms with Gasteiger partial charge in [0.15, 0.2) is 5.78 Å². The van der Waals surface area contributed by atoms with Gasteiger partial charge in [-0.2, -0.15) is 5.10 Å². The lowest BCUT2D eigenvalue weighted by molar-refractivity contribution is 0.0994. The summed E-state index contributed by atoms with van der Waals surface area (Å²) in [5.41, 5.74) is 0.729. The minimum atomic E-state index is 0.193. The maximum Gasteiger partial charge on any atom is 0.182 e. The predicted molar refractivity (Wildman–Crippen MR) is 38.9 cm³/mol. The van der Waals surface area contributed by atoms with Gasteiger partial charge >= 0.3 is 0 Å². The van der Waals surface area contributed by atoms with Crippen molar-refractivity contribution in [1.29, 1.82) is 0 Å². The molecule has 0 saturated carbocycles. The van der Waals surface area contributed by atoms with Gasteiger partial charge in [0, 0.05) is 19.0 Å². The Labute approximate surface area is 66.2 Å². The third kappa shape index (κ3) is 0.718. The Balaban J connectivity index is 2.59. The Hall–Kier alpha value is -0.640. The second kappa shape index (κ2) is 1.92. The van der Waals surface area contributed by atoms with E-state index in [4.69, 9.17) is 0 Å². The van der Waals surface area contributed by atoms with Crippen LogP contribution in [0, 0.1) is 0 Å². The summed E-state index contributed by atoms with van der Waals surface area (Å²) in [6, 6.07) is 1.76. The SMILES string of the molecule is O=C1CCn2nc(Br)cc21. The minimum absolute atomic E-state index is 0.193. The Morgan fingerprint density at radius 2 is 2.50 bits per heavy atom. The summed E-state index contributed by atoms with van der Waals surface area (Å²) < 4.78 is 2.47. The van der Waals surface area contributed by atoms with E-state index < -0.39 is 0 Å². The number of aryl methyl sites for hydroxylation is 1. The first-order chi connectivity index (χ1) is 4.77. The summed E-state index contributed by atoms with van der Waals surface area (Å²) >= 11 is 3.20. The number of hydrogen-bond donors (Lipinski definition) is 0. The van der Waals surface area contributed by atoms with E-state index in [0.29, 0.717) is 6.42 Å². The first-order valence-electron chi connectivity index (χ1n) is 3.04. The van der Waals surface area contributed by atoms with E-state index in [2.05, 4.69) is 21.0 Å². The highest BCUT2D eigenvalue weighted by Gasteiger charge is 2.20. The molecule has 0 saturated heterocycles. The van der Waals surface area contributed by atoms with Gasteiger partial charge in [-0.25, -0.2) is 0 Å². The zero-order chi connectivity index (χ0) is 7.14. The van der Waals surface area contributed by atoms with Crippen LogP contribution in [-0.4, -0.2) is 15.6 Å². The number of hydrogen-bond acceptors (Lipinski definition) is 2. The molecule has 1 aromatic rings. The fourth-order valence-electron chi connectivity index (χ4n) is 1.12. The van der Waals surface area contributed by atoms with Crippen LogP contribution in [0.25, 0.3) is 0 Å². The van der Waals surface area contributed by atoms with Gasteiger partial charge in [-0.05, 0) is 15.9 Å². The van der Waals surface area contributed by atoms with Crippen molar-refractivity contribution in [3.05, 3.63) is 16.4 Å². The van der Waals surface area contributed by atoms with E-state index in [9.17, 15) is 4.79 Å². The van der Waals surface area contributed by atoms with E-state index >= 15 is 0 Å². The third-order valence-electron chi connectivity index (χ3n) is 1.59. The number of fused-ring (bicyclic) bond motifs is 1. The molecule has 0 unspecified atom stereocenters. The number of aromatic nitrogens is 2. The number of rotatable bonds is 0. The van der Waals surface area contributed by atoms with E-state index in [-0.39, 0.29) is 5.78 Å². The molecule has 1 aromatic heterocycles. The number of carbonyl (C=O) groups is 1. The van der Waals surface area contributed by atoms with Gasteiger partial charge in [0.25, 0.3) is 0 Å². The topological polar surface area (TPSA) is 34.9 Å². The molecular formula is C6H5BrN2O. The van der Waals surface area contributed by atoms with Crippen molar-refractivity contribution in [3.63, 3.8) is 0 Å². The average Bonchev–Trinajstić information content (AvgIpc) is 2.35. The van der Waals surface area contributed by atoms with Gasteiger partial charge in [-0.3, -0.25) is 9.48 Å². The molecule has 3 nitrogen and oxygen atoms in total. The van der Waals surface area contributed by atoms with Crippen molar-refractivity contribution in [2.75, 3.05) is 0 Å². The summed E-state index contributed by atoms with van der Waals surface area (Å²) in [6.45, 7) is 0.736. The van der Waals surface area contributed by atoms with Crippen LogP contribution in [0.3, 0.4) is 0 Å². The van der Waals surface area contributed by atoms with E-state index in [1.54, 1.807) is 10.7 Å². The summed E-state index contributed by atoms with van der Waals surface area (Å²) in [4.78, 5) is 11.0. The Bertz CT molecular complexity index is 292. The number of nitrogens with zero attached hydrogens (tertiary/aromatic N) is 2. The molecule has 0 N–H and O–H groups in total. The Kier molecular flexibility index (Phi) is 1.17. The molecule has 0 bridgehead atoms. The maximum atomic E-state index is 11.0. The maximum absolute atomic E-state index is 11.0. The first kappa shape index (κ1) is 6.09. The highest BCUT2D eigenvalue weighted by molar-refractivity contribution is 9.10. The molecule has 0 aliphatic carbocycles. The van der Waals surface area contributed by atoms with Crippen LogP contribution in [0.15, 0.2) is 10.7 Å². The monoisotopic (exact) mass is 200 g/mol. The lowest BCUT2D eigenvalue weighted by Gasteiger charge is -1.86. The lowest BCUT2D eigenvalue weighted by Crippen LogP contribution is -1.93. The molecule has 0 spiro atoms. The zero-order valence-electron chi connectivity index (χ0n) is 5.17. The van der Waals surface area contributed by atoms with Crippen molar-refractivity contribution >= 4 is 21.7 Å². The van der Waals surface area contributed by atoms with Gasteiger partial charge in [0.1, 0.15) is 10.3 Å². The number of ketones is 1. The quantitative estimate of drug-likeness (QED) is 0.632. The Morgan fingerprint density at radius 1 is 1.70 bits per heavy atom. The molecule has 2 heterocycles. The second-order valence-electron chi connectivity index (χ2n) is 2.25. The van der Waals surface area contributed by atoms with Crippen molar-refractivity contribution in [2.24, 2.45) is 0 Å². The molecule has 0 aromatic carbocycles. The van der Waals surface area contributed by atoms with E-state index in [1.165, 1.54) is 0 Å². The summed E-state index contributed by atoms with van der Waals surface area (Å²) in [5.74, 6) is 0.193. The Morgan fingerprint density at radius 3 is 3.20 bits per heavy atom. The molecule has 0 atom stereocenters. The van der Waals surface area contributed by atoms with Gasteiger partial charge in [0.2, 0.25) is 0 Å². The molecule has 1 aliphatic heterocycles. The highest BCUT2D eigenvalue weighted by Crippen LogP contribution is 2.17. The molecular weight excluding hydrogens is 196 g/mol. The summed E-state index contributed by atoms with van der Waals surface area (Å²) in [6.07, 6.45) is 0.607.